The van der Waals surface area contributed by atoms with Crippen LogP contribution in [0, 0.1) is 0 Å². The van der Waals surface area contributed by atoms with Crippen LogP contribution >= 0.6 is 0 Å². The first kappa shape index (κ1) is 17.7. The highest BCUT2D eigenvalue weighted by molar-refractivity contribution is 5.93. The number of hydrogen-bond acceptors (Lipinski definition) is 6. The number of nitrogens with one attached hydrogen (secondary N) is 1. The molecule has 0 fully saturated rings. The van der Waals surface area contributed by atoms with E-state index in [1.54, 1.807) is 47.0 Å². The summed E-state index contributed by atoms with van der Waals surface area (Å²) in [5, 5.41) is 8.39. The zero-order chi connectivity index (χ0) is 19.8. The third-order valence-corrected chi connectivity index (χ3v) is 4.74. The minimum atomic E-state index is -0.195. The Kier molecular flexibility index (Phi) is 4.31. The van der Waals surface area contributed by atoms with Crippen LogP contribution in [0.15, 0.2) is 53.8 Å². The van der Waals surface area contributed by atoms with Crippen LogP contribution in [0.4, 0.5) is 11.4 Å². The second-order valence-electron chi connectivity index (χ2n) is 6.83. The fraction of sp³-hybridized carbons (Fsp3) is 0.200. The first-order valence-electron chi connectivity index (χ1n) is 8.89. The minimum absolute atomic E-state index is 0.0974. The average Bonchev–Trinajstić information content (AvgIpc) is 3.12. The number of nitrogen functional groups attached to an aromatic ring is 1. The van der Waals surface area contributed by atoms with Crippen molar-refractivity contribution in [3.63, 3.8) is 0 Å². The van der Waals surface area contributed by atoms with E-state index in [9.17, 15) is 4.79 Å². The largest absolute Gasteiger partial charge is 0.399 e. The summed E-state index contributed by atoms with van der Waals surface area (Å²) >= 11 is 0. The van der Waals surface area contributed by atoms with E-state index in [2.05, 4.69) is 20.4 Å². The van der Waals surface area contributed by atoms with Gasteiger partial charge in [-0.05, 0) is 25.1 Å². The molecule has 0 saturated heterocycles. The molecule has 0 aliphatic carbocycles. The molecule has 1 aromatic carbocycles. The fourth-order valence-corrected chi connectivity index (χ4v) is 3.18. The predicted molar refractivity (Wildman–Crippen MR) is 110 cm³/mol. The van der Waals surface area contributed by atoms with Crippen LogP contribution in [0.1, 0.15) is 18.8 Å². The van der Waals surface area contributed by atoms with Crippen molar-refractivity contribution in [2.45, 2.75) is 13.0 Å². The quantitative estimate of drug-likeness (QED) is 0.531. The lowest BCUT2D eigenvalue weighted by molar-refractivity contribution is 0.768. The van der Waals surface area contributed by atoms with Crippen LogP contribution in [0.5, 0.6) is 0 Å². The number of nitrogens with zero attached hydrogens (tertiary/aromatic N) is 5. The van der Waals surface area contributed by atoms with Gasteiger partial charge in [-0.25, -0.2) is 9.97 Å². The van der Waals surface area contributed by atoms with Crippen LogP contribution in [0.2, 0.25) is 0 Å². The standard InChI is InChI=1S/C20H21N7O/c1-12(20-22-8-13(9-23-20)14-10-24-26(2)11-14)25-17-7-19(28)27(3)18-5-4-15(21)6-16(17)18/h4-12,25H,21H2,1-3H3. The monoisotopic (exact) mass is 375 g/mol. The molecule has 4 aromatic rings. The third kappa shape index (κ3) is 3.20. The summed E-state index contributed by atoms with van der Waals surface area (Å²) in [6.07, 6.45) is 7.24. The molecule has 0 spiro atoms. The topological polar surface area (TPSA) is 104 Å². The van der Waals surface area contributed by atoms with E-state index in [0.29, 0.717) is 17.2 Å². The summed E-state index contributed by atoms with van der Waals surface area (Å²) in [5.41, 5.74) is 9.87. The summed E-state index contributed by atoms with van der Waals surface area (Å²) in [7, 11) is 3.61. The number of anilines is 2. The lowest BCUT2D eigenvalue weighted by atomic mass is 10.1. The van der Waals surface area contributed by atoms with Crippen molar-refractivity contribution in [2.24, 2.45) is 14.1 Å². The van der Waals surface area contributed by atoms with Crippen molar-refractivity contribution in [1.82, 2.24) is 24.3 Å². The van der Waals surface area contributed by atoms with Crippen LogP contribution in [-0.4, -0.2) is 24.3 Å². The Morgan fingerprint density at radius 1 is 1.07 bits per heavy atom. The van der Waals surface area contributed by atoms with Crippen LogP contribution in [0.3, 0.4) is 0 Å². The summed E-state index contributed by atoms with van der Waals surface area (Å²) in [4.78, 5) is 21.3. The Bertz CT molecular complexity index is 1210. The highest BCUT2D eigenvalue weighted by Crippen LogP contribution is 2.26. The molecule has 142 valence electrons. The predicted octanol–water partition coefficient (Wildman–Crippen LogP) is 2.48. The van der Waals surface area contributed by atoms with Gasteiger partial charge in [0.25, 0.3) is 5.56 Å². The van der Waals surface area contributed by atoms with E-state index >= 15 is 0 Å². The molecule has 1 unspecified atom stereocenters. The number of nitrogens with two attached hydrogens (primary N) is 1. The van der Waals surface area contributed by atoms with Gasteiger partial charge in [-0.2, -0.15) is 5.10 Å². The first-order chi connectivity index (χ1) is 13.4. The fourth-order valence-electron chi connectivity index (χ4n) is 3.18. The van der Waals surface area contributed by atoms with E-state index in [-0.39, 0.29) is 11.6 Å². The van der Waals surface area contributed by atoms with E-state index < -0.39 is 0 Å². The highest BCUT2D eigenvalue weighted by Gasteiger charge is 2.13. The molecule has 3 aromatic heterocycles. The van der Waals surface area contributed by atoms with Gasteiger partial charge in [0.15, 0.2) is 0 Å². The lowest BCUT2D eigenvalue weighted by Gasteiger charge is -2.17. The maximum atomic E-state index is 12.3. The molecule has 8 heteroatoms. The highest BCUT2D eigenvalue weighted by atomic mass is 16.1. The molecule has 3 N–H and O–H groups in total. The van der Waals surface area contributed by atoms with Gasteiger partial charge < -0.3 is 15.6 Å². The molecule has 0 amide bonds. The van der Waals surface area contributed by atoms with Crippen molar-refractivity contribution >= 4 is 22.3 Å². The lowest BCUT2D eigenvalue weighted by Crippen LogP contribution is -2.19. The molecule has 0 aliphatic rings. The molecular weight excluding hydrogens is 354 g/mol. The summed E-state index contributed by atoms with van der Waals surface area (Å²) in [6, 6.07) is 6.87. The Morgan fingerprint density at radius 2 is 1.82 bits per heavy atom. The zero-order valence-electron chi connectivity index (χ0n) is 15.9. The SMILES string of the molecule is CC(Nc1cc(=O)n(C)c2ccc(N)cc12)c1ncc(-c2cnn(C)c2)cn1. The van der Waals surface area contributed by atoms with Crippen molar-refractivity contribution < 1.29 is 0 Å². The van der Waals surface area contributed by atoms with Crippen molar-refractivity contribution in [3.8, 4) is 11.1 Å². The van der Waals surface area contributed by atoms with E-state index in [0.717, 1.165) is 22.0 Å². The maximum absolute atomic E-state index is 12.3. The second-order valence-corrected chi connectivity index (χ2v) is 6.83. The Hall–Kier alpha value is -3.68. The third-order valence-electron chi connectivity index (χ3n) is 4.74. The molecule has 4 rings (SSSR count). The number of benzene rings is 1. The van der Waals surface area contributed by atoms with E-state index in [1.807, 2.05) is 32.3 Å². The molecule has 0 radical (unpaired) electrons. The van der Waals surface area contributed by atoms with Gasteiger partial charge in [0.1, 0.15) is 5.82 Å². The van der Waals surface area contributed by atoms with Crippen LogP contribution < -0.4 is 16.6 Å². The van der Waals surface area contributed by atoms with Gasteiger partial charge in [0, 0.05) is 66.6 Å². The number of aryl methyl sites for hydroxylation is 2. The zero-order valence-corrected chi connectivity index (χ0v) is 15.9. The van der Waals surface area contributed by atoms with Gasteiger partial charge in [0.05, 0.1) is 17.8 Å². The van der Waals surface area contributed by atoms with Gasteiger partial charge in [-0.15, -0.1) is 0 Å². The number of pyridine rings is 1. The van der Waals surface area contributed by atoms with Crippen LogP contribution in [-0.2, 0) is 14.1 Å². The summed E-state index contributed by atoms with van der Waals surface area (Å²) in [5.74, 6) is 0.630. The second kappa shape index (κ2) is 6.80. The number of fused-ring (bicyclic) bond motifs is 1. The van der Waals surface area contributed by atoms with Crippen molar-refractivity contribution in [3.05, 3.63) is 65.2 Å². The van der Waals surface area contributed by atoms with E-state index in [4.69, 9.17) is 5.73 Å². The molecule has 0 bridgehead atoms. The molecule has 0 aliphatic heterocycles. The summed E-state index contributed by atoms with van der Waals surface area (Å²) < 4.78 is 3.34. The molecular formula is C20H21N7O. The smallest absolute Gasteiger partial charge is 0.252 e. The van der Waals surface area contributed by atoms with Gasteiger partial charge in [-0.3, -0.25) is 9.48 Å². The molecule has 0 saturated carbocycles. The number of rotatable bonds is 4. The number of hydrogen-bond donors (Lipinski definition) is 2. The Morgan fingerprint density at radius 3 is 2.50 bits per heavy atom. The average molecular weight is 375 g/mol. The minimum Gasteiger partial charge on any atom is -0.399 e. The maximum Gasteiger partial charge on any atom is 0.252 e. The Labute approximate surface area is 161 Å². The number of aromatic nitrogens is 5. The normalized spacial score (nSPS) is 12.2. The molecule has 8 nitrogen and oxygen atoms in total. The first-order valence-corrected chi connectivity index (χ1v) is 8.89. The Balaban J connectivity index is 1.65. The van der Waals surface area contributed by atoms with E-state index in [1.165, 1.54) is 0 Å². The van der Waals surface area contributed by atoms with Gasteiger partial charge in [0.2, 0.25) is 0 Å². The van der Waals surface area contributed by atoms with Gasteiger partial charge in [-0.1, -0.05) is 0 Å². The van der Waals surface area contributed by atoms with Crippen LogP contribution in [0.25, 0.3) is 22.0 Å². The summed E-state index contributed by atoms with van der Waals surface area (Å²) in [6.45, 7) is 1.95. The molecule has 28 heavy (non-hydrogen) atoms. The molecule has 3 heterocycles. The van der Waals surface area contributed by atoms with Crippen molar-refractivity contribution in [1.29, 1.82) is 0 Å². The van der Waals surface area contributed by atoms with Gasteiger partial charge >= 0.3 is 0 Å². The van der Waals surface area contributed by atoms with Crippen molar-refractivity contribution in [2.75, 3.05) is 11.1 Å². The molecule has 1 atom stereocenters.